The van der Waals surface area contributed by atoms with Crippen LogP contribution in [-0.2, 0) is 4.79 Å². The Morgan fingerprint density at radius 3 is 3.12 bits per heavy atom. The summed E-state index contributed by atoms with van der Waals surface area (Å²) in [4.78, 5) is 17.5. The largest absolute Gasteiger partial charge is 0.359 e. The maximum atomic E-state index is 13.4. The summed E-state index contributed by atoms with van der Waals surface area (Å²) in [6, 6.07) is 1.39. The summed E-state index contributed by atoms with van der Waals surface area (Å²) >= 11 is 3.06. The number of hydrogen-bond donors (Lipinski definition) is 1. The lowest BCUT2D eigenvalue weighted by atomic mass is 10.1. The molecule has 1 amide bonds. The standard InChI is InChI=1S/C11H13BrFN3O/c1-14-11(17)7-2-3-16(6-7)10-4-9(13)8(12)5-15-10/h4-5,7H,2-3,6H2,1H3,(H,14,17). The first-order chi connectivity index (χ1) is 8.11. The summed E-state index contributed by atoms with van der Waals surface area (Å²) in [5.74, 6) is 0.245. The Morgan fingerprint density at radius 1 is 1.71 bits per heavy atom. The van der Waals surface area contributed by atoms with Gasteiger partial charge in [-0.25, -0.2) is 9.37 Å². The molecule has 1 saturated heterocycles. The van der Waals surface area contributed by atoms with Crippen LogP contribution in [0, 0.1) is 11.7 Å². The maximum absolute atomic E-state index is 13.4. The number of carbonyl (C=O) groups excluding carboxylic acids is 1. The second kappa shape index (κ2) is 5.00. The van der Waals surface area contributed by atoms with Crippen molar-refractivity contribution in [2.45, 2.75) is 6.42 Å². The van der Waals surface area contributed by atoms with Crippen LogP contribution in [0.3, 0.4) is 0 Å². The van der Waals surface area contributed by atoms with E-state index in [1.165, 1.54) is 12.3 Å². The molecule has 1 unspecified atom stereocenters. The van der Waals surface area contributed by atoms with Crippen LogP contribution in [0.4, 0.5) is 10.2 Å². The molecular weight excluding hydrogens is 289 g/mol. The first kappa shape index (κ1) is 12.3. The quantitative estimate of drug-likeness (QED) is 0.901. The number of nitrogens with one attached hydrogen (secondary N) is 1. The Kier molecular flexibility index (Phi) is 3.61. The van der Waals surface area contributed by atoms with Gasteiger partial charge in [0.05, 0.1) is 10.4 Å². The van der Waals surface area contributed by atoms with Gasteiger partial charge in [-0.3, -0.25) is 4.79 Å². The molecule has 17 heavy (non-hydrogen) atoms. The molecule has 1 aromatic heterocycles. The number of anilines is 1. The van der Waals surface area contributed by atoms with Gasteiger partial charge in [0.25, 0.3) is 0 Å². The molecular formula is C11H13BrFN3O. The van der Waals surface area contributed by atoms with E-state index in [2.05, 4.69) is 26.2 Å². The van der Waals surface area contributed by atoms with Crippen LogP contribution in [0.2, 0.25) is 0 Å². The third kappa shape index (κ3) is 2.57. The van der Waals surface area contributed by atoms with Gasteiger partial charge >= 0.3 is 0 Å². The highest BCUT2D eigenvalue weighted by molar-refractivity contribution is 9.10. The first-order valence-corrected chi connectivity index (χ1v) is 6.18. The highest BCUT2D eigenvalue weighted by Crippen LogP contribution is 2.24. The highest BCUT2D eigenvalue weighted by Gasteiger charge is 2.28. The molecule has 2 heterocycles. The van der Waals surface area contributed by atoms with Crippen molar-refractivity contribution in [1.29, 1.82) is 0 Å². The predicted molar refractivity (Wildman–Crippen MR) is 66.3 cm³/mol. The number of amides is 1. The van der Waals surface area contributed by atoms with E-state index in [4.69, 9.17) is 0 Å². The molecule has 0 aliphatic carbocycles. The summed E-state index contributed by atoms with van der Waals surface area (Å²) in [7, 11) is 1.63. The van der Waals surface area contributed by atoms with Crippen LogP contribution < -0.4 is 10.2 Å². The molecule has 4 nitrogen and oxygen atoms in total. The Hall–Kier alpha value is -1.17. The minimum atomic E-state index is -0.335. The van der Waals surface area contributed by atoms with E-state index in [1.54, 1.807) is 7.05 Å². The second-order valence-corrected chi connectivity index (χ2v) is 4.86. The molecule has 0 aromatic carbocycles. The average molecular weight is 302 g/mol. The lowest BCUT2D eigenvalue weighted by molar-refractivity contribution is -0.123. The Morgan fingerprint density at radius 2 is 2.47 bits per heavy atom. The van der Waals surface area contributed by atoms with Crippen LogP contribution in [0.25, 0.3) is 0 Å². The maximum Gasteiger partial charge on any atom is 0.224 e. The van der Waals surface area contributed by atoms with Crippen LogP contribution in [-0.4, -0.2) is 31.0 Å². The highest BCUT2D eigenvalue weighted by atomic mass is 79.9. The normalized spacial score (nSPS) is 19.5. The van der Waals surface area contributed by atoms with Crippen LogP contribution >= 0.6 is 15.9 Å². The zero-order valence-corrected chi connectivity index (χ0v) is 11.0. The summed E-state index contributed by atoms with van der Waals surface area (Å²) in [5, 5.41) is 2.63. The van der Waals surface area contributed by atoms with Crippen molar-refractivity contribution in [2.75, 3.05) is 25.0 Å². The van der Waals surface area contributed by atoms with Crippen LogP contribution in [0.15, 0.2) is 16.7 Å². The average Bonchev–Trinajstić information content (AvgIpc) is 2.81. The van der Waals surface area contributed by atoms with E-state index < -0.39 is 0 Å². The van der Waals surface area contributed by atoms with E-state index in [9.17, 15) is 9.18 Å². The molecule has 1 aliphatic rings. The molecule has 1 fully saturated rings. The lowest BCUT2D eigenvalue weighted by Crippen LogP contribution is -2.30. The minimum Gasteiger partial charge on any atom is -0.359 e. The van der Waals surface area contributed by atoms with Crippen molar-refractivity contribution < 1.29 is 9.18 Å². The number of pyridine rings is 1. The van der Waals surface area contributed by atoms with Gasteiger partial charge in [0.2, 0.25) is 5.91 Å². The molecule has 6 heteroatoms. The first-order valence-electron chi connectivity index (χ1n) is 5.39. The third-order valence-electron chi connectivity index (χ3n) is 2.92. The van der Waals surface area contributed by atoms with Gasteiger partial charge in [0, 0.05) is 32.4 Å². The Balaban J connectivity index is 2.10. The Bertz CT molecular complexity index is 441. The fraction of sp³-hybridized carbons (Fsp3) is 0.455. The van der Waals surface area contributed by atoms with Crippen molar-refractivity contribution >= 4 is 27.7 Å². The summed E-state index contributed by atoms with van der Waals surface area (Å²) in [5.41, 5.74) is 0. The number of halogens is 2. The van der Waals surface area contributed by atoms with Gasteiger partial charge in [-0.05, 0) is 22.4 Å². The fourth-order valence-corrected chi connectivity index (χ4v) is 2.18. The van der Waals surface area contributed by atoms with Gasteiger partial charge in [-0.2, -0.15) is 0 Å². The van der Waals surface area contributed by atoms with Gasteiger partial charge in [-0.1, -0.05) is 0 Å². The van der Waals surface area contributed by atoms with Crippen molar-refractivity contribution in [3.05, 3.63) is 22.6 Å². The van der Waals surface area contributed by atoms with Crippen LogP contribution in [0.1, 0.15) is 6.42 Å². The van der Waals surface area contributed by atoms with Gasteiger partial charge < -0.3 is 10.2 Å². The monoisotopic (exact) mass is 301 g/mol. The molecule has 2 rings (SSSR count). The fourth-order valence-electron chi connectivity index (χ4n) is 1.96. The number of aromatic nitrogens is 1. The summed E-state index contributed by atoms with van der Waals surface area (Å²) in [6.45, 7) is 1.32. The van der Waals surface area contributed by atoms with E-state index in [0.717, 1.165) is 13.0 Å². The van der Waals surface area contributed by atoms with Crippen molar-refractivity contribution in [2.24, 2.45) is 5.92 Å². The predicted octanol–water partition coefficient (Wildman–Crippen LogP) is 1.56. The van der Waals surface area contributed by atoms with E-state index in [0.29, 0.717) is 16.8 Å². The SMILES string of the molecule is CNC(=O)C1CCN(c2cc(F)c(Br)cn2)C1. The second-order valence-electron chi connectivity index (χ2n) is 4.00. The zero-order valence-electron chi connectivity index (χ0n) is 9.41. The lowest BCUT2D eigenvalue weighted by Gasteiger charge is -2.17. The third-order valence-corrected chi connectivity index (χ3v) is 3.51. The molecule has 1 N–H and O–H groups in total. The van der Waals surface area contributed by atoms with E-state index in [-0.39, 0.29) is 17.6 Å². The summed E-state index contributed by atoms with van der Waals surface area (Å²) in [6.07, 6.45) is 2.22. The number of rotatable bonds is 2. The molecule has 0 bridgehead atoms. The number of carbonyl (C=O) groups is 1. The summed E-state index contributed by atoms with van der Waals surface area (Å²) < 4.78 is 13.7. The van der Waals surface area contributed by atoms with Crippen molar-refractivity contribution in [3.8, 4) is 0 Å². The Labute approximate surface area is 107 Å². The topological polar surface area (TPSA) is 45.2 Å². The molecule has 92 valence electrons. The molecule has 0 spiro atoms. The minimum absolute atomic E-state index is 0.0325. The molecule has 1 atom stereocenters. The molecule has 0 radical (unpaired) electrons. The van der Waals surface area contributed by atoms with E-state index in [1.807, 2.05) is 4.90 Å². The molecule has 1 aromatic rings. The molecule has 0 saturated carbocycles. The van der Waals surface area contributed by atoms with Gasteiger partial charge in [-0.15, -0.1) is 0 Å². The number of hydrogen-bond acceptors (Lipinski definition) is 3. The van der Waals surface area contributed by atoms with Crippen molar-refractivity contribution in [3.63, 3.8) is 0 Å². The smallest absolute Gasteiger partial charge is 0.224 e. The number of nitrogens with zero attached hydrogens (tertiary/aromatic N) is 2. The van der Waals surface area contributed by atoms with E-state index >= 15 is 0 Å². The van der Waals surface area contributed by atoms with Crippen molar-refractivity contribution in [1.82, 2.24) is 10.3 Å². The van der Waals surface area contributed by atoms with Gasteiger partial charge in [0.15, 0.2) is 0 Å². The van der Waals surface area contributed by atoms with Gasteiger partial charge in [0.1, 0.15) is 11.6 Å². The molecule has 1 aliphatic heterocycles. The zero-order chi connectivity index (χ0) is 12.4. The van der Waals surface area contributed by atoms with Crippen LogP contribution in [0.5, 0.6) is 0 Å².